The molecule has 1 aromatic rings. The van der Waals surface area contributed by atoms with E-state index >= 15 is 0 Å². The van der Waals surface area contributed by atoms with Gasteiger partial charge in [-0.05, 0) is 30.5 Å². The topological polar surface area (TPSA) is 77.8 Å². The average molecular weight is 335 g/mol. The Morgan fingerprint density at radius 3 is 2.00 bits per heavy atom. The molecule has 24 heavy (non-hydrogen) atoms. The fourth-order valence-electron chi connectivity index (χ4n) is 2.63. The summed E-state index contributed by atoms with van der Waals surface area (Å²) in [4.78, 5) is 22.3. The van der Waals surface area contributed by atoms with Crippen molar-refractivity contribution in [3.8, 4) is 0 Å². The number of aryl methyl sites for hydroxylation is 1. The molecule has 0 radical (unpaired) electrons. The minimum atomic E-state index is -1.25. The van der Waals surface area contributed by atoms with Crippen LogP contribution in [-0.4, -0.2) is 33.8 Å². The van der Waals surface area contributed by atoms with Crippen LogP contribution in [0.25, 0.3) is 0 Å². The summed E-state index contributed by atoms with van der Waals surface area (Å²) in [5, 5.41) is 18.2. The minimum Gasteiger partial charge on any atom is -0.480 e. The summed E-state index contributed by atoms with van der Waals surface area (Å²) < 4.78 is 0. The zero-order valence-corrected chi connectivity index (χ0v) is 14.5. The Morgan fingerprint density at radius 2 is 1.46 bits per heavy atom. The van der Waals surface area contributed by atoms with Gasteiger partial charge < -0.3 is 5.11 Å². The fraction of sp³-hybridized carbons (Fsp3) is 0.579. The van der Waals surface area contributed by atoms with Crippen LogP contribution >= 0.6 is 0 Å². The molecule has 0 aliphatic rings. The van der Waals surface area contributed by atoms with E-state index in [9.17, 15) is 14.8 Å². The molecule has 134 valence electrons. The maximum Gasteiger partial charge on any atom is 0.325 e. The molecule has 0 unspecified atom stereocenters. The Morgan fingerprint density at radius 1 is 0.917 bits per heavy atom. The monoisotopic (exact) mass is 335 g/mol. The number of carboxylic acid groups (broad SMARTS) is 1. The van der Waals surface area contributed by atoms with Crippen molar-refractivity contribution in [3.05, 3.63) is 35.4 Å². The summed E-state index contributed by atoms with van der Waals surface area (Å²) in [6.45, 7) is 1.50. The maximum absolute atomic E-state index is 11.8. The van der Waals surface area contributed by atoms with Gasteiger partial charge in [0.2, 0.25) is 0 Å². The molecule has 1 amide bonds. The lowest BCUT2D eigenvalue weighted by Crippen LogP contribution is -2.32. The van der Waals surface area contributed by atoms with Crippen molar-refractivity contribution in [2.45, 2.75) is 64.7 Å². The van der Waals surface area contributed by atoms with Crippen LogP contribution in [0.5, 0.6) is 0 Å². The van der Waals surface area contributed by atoms with Crippen LogP contribution in [-0.2, 0) is 11.2 Å². The van der Waals surface area contributed by atoms with Crippen LogP contribution in [0, 0.1) is 0 Å². The highest BCUT2D eigenvalue weighted by atomic mass is 16.5. The Balaban J connectivity index is 2.27. The number of rotatable bonds is 12. The minimum absolute atomic E-state index is 0.218. The smallest absolute Gasteiger partial charge is 0.325 e. The van der Waals surface area contributed by atoms with E-state index < -0.39 is 18.4 Å². The predicted octanol–water partition coefficient (Wildman–Crippen LogP) is 4.29. The quantitative estimate of drug-likeness (QED) is 0.339. The summed E-state index contributed by atoms with van der Waals surface area (Å²) in [6, 6.07) is 6.99. The third kappa shape index (κ3) is 8.11. The second-order valence-corrected chi connectivity index (χ2v) is 6.18. The highest BCUT2D eigenvalue weighted by Crippen LogP contribution is 2.13. The standard InChI is InChI=1S/C19H29NO4/c1-2-3-4-5-6-7-8-9-10-16-11-13-17(14-12-16)19(23)20(24)15-18(21)22/h11-14,24H,2-10,15H2,1H3,(H,21,22). The SMILES string of the molecule is CCCCCCCCCCc1ccc(C(=O)N(O)CC(=O)O)cc1. The molecule has 0 aliphatic heterocycles. The number of benzene rings is 1. The van der Waals surface area contributed by atoms with Crippen molar-refractivity contribution >= 4 is 11.9 Å². The van der Waals surface area contributed by atoms with Gasteiger partial charge in [-0.1, -0.05) is 64.0 Å². The van der Waals surface area contributed by atoms with Crippen LogP contribution in [0.15, 0.2) is 24.3 Å². The zero-order valence-electron chi connectivity index (χ0n) is 14.5. The number of unbranched alkanes of at least 4 members (excludes halogenated alkanes) is 7. The fourth-order valence-corrected chi connectivity index (χ4v) is 2.63. The van der Waals surface area contributed by atoms with E-state index in [1.165, 1.54) is 44.9 Å². The van der Waals surface area contributed by atoms with Crippen molar-refractivity contribution in [2.24, 2.45) is 0 Å². The Hall–Kier alpha value is -1.88. The molecule has 5 heteroatoms. The normalized spacial score (nSPS) is 10.6. The van der Waals surface area contributed by atoms with E-state index in [0.29, 0.717) is 5.56 Å². The lowest BCUT2D eigenvalue weighted by molar-refractivity contribution is -0.146. The summed E-state index contributed by atoms with van der Waals surface area (Å²) >= 11 is 0. The van der Waals surface area contributed by atoms with Crippen molar-refractivity contribution in [1.29, 1.82) is 0 Å². The van der Waals surface area contributed by atoms with Crippen molar-refractivity contribution in [3.63, 3.8) is 0 Å². The number of carbonyl (C=O) groups excluding carboxylic acids is 1. The van der Waals surface area contributed by atoms with Gasteiger partial charge in [0.15, 0.2) is 0 Å². The lowest BCUT2D eigenvalue weighted by atomic mass is 10.0. The van der Waals surface area contributed by atoms with Crippen molar-refractivity contribution in [2.75, 3.05) is 6.54 Å². The van der Waals surface area contributed by atoms with E-state index in [-0.39, 0.29) is 5.06 Å². The number of amides is 1. The van der Waals surface area contributed by atoms with Gasteiger partial charge in [-0.2, -0.15) is 0 Å². The lowest BCUT2D eigenvalue weighted by Gasteiger charge is -2.12. The molecule has 1 aromatic carbocycles. The van der Waals surface area contributed by atoms with Gasteiger partial charge >= 0.3 is 5.97 Å². The van der Waals surface area contributed by atoms with Crippen LogP contribution in [0.4, 0.5) is 0 Å². The van der Waals surface area contributed by atoms with Gasteiger partial charge in [0.1, 0.15) is 6.54 Å². The number of carbonyl (C=O) groups is 2. The largest absolute Gasteiger partial charge is 0.480 e. The molecule has 0 fully saturated rings. The number of aliphatic carboxylic acids is 1. The van der Waals surface area contributed by atoms with E-state index in [2.05, 4.69) is 6.92 Å². The first-order valence-electron chi connectivity index (χ1n) is 8.86. The van der Waals surface area contributed by atoms with E-state index in [0.717, 1.165) is 18.4 Å². The van der Waals surface area contributed by atoms with E-state index in [4.69, 9.17) is 5.11 Å². The van der Waals surface area contributed by atoms with E-state index in [1.54, 1.807) is 12.1 Å². The number of carboxylic acids is 1. The molecule has 0 aliphatic carbocycles. The number of hydrogen-bond acceptors (Lipinski definition) is 3. The first-order valence-corrected chi connectivity index (χ1v) is 8.86. The van der Waals surface area contributed by atoms with Gasteiger partial charge in [0.05, 0.1) is 0 Å². The first-order chi connectivity index (χ1) is 11.5. The van der Waals surface area contributed by atoms with Gasteiger partial charge in [-0.15, -0.1) is 0 Å². The third-order valence-electron chi connectivity index (χ3n) is 4.04. The summed E-state index contributed by atoms with van der Waals surface area (Å²) in [6.07, 6.45) is 11.2. The number of hydrogen-bond donors (Lipinski definition) is 2. The molecular formula is C19H29NO4. The summed E-state index contributed by atoms with van der Waals surface area (Å²) in [7, 11) is 0. The Kier molecular flexibility index (Phi) is 9.77. The number of hydroxylamine groups is 2. The Labute approximate surface area is 144 Å². The molecule has 5 nitrogen and oxygen atoms in total. The Bertz CT molecular complexity index is 499. The van der Waals surface area contributed by atoms with Gasteiger partial charge in [0, 0.05) is 5.56 Å². The van der Waals surface area contributed by atoms with Crippen molar-refractivity contribution in [1.82, 2.24) is 5.06 Å². The van der Waals surface area contributed by atoms with Crippen LogP contribution in [0.3, 0.4) is 0 Å². The summed E-state index contributed by atoms with van der Waals surface area (Å²) in [5.74, 6) is -1.95. The molecule has 0 saturated carbocycles. The molecular weight excluding hydrogens is 306 g/mol. The predicted molar refractivity (Wildman–Crippen MR) is 93.2 cm³/mol. The molecule has 0 aromatic heterocycles. The van der Waals surface area contributed by atoms with Gasteiger partial charge in [-0.25, -0.2) is 5.06 Å². The van der Waals surface area contributed by atoms with Gasteiger partial charge in [-0.3, -0.25) is 14.8 Å². The van der Waals surface area contributed by atoms with Crippen LogP contribution in [0.1, 0.15) is 74.2 Å². The highest BCUT2D eigenvalue weighted by molar-refractivity contribution is 5.94. The van der Waals surface area contributed by atoms with Gasteiger partial charge in [0.25, 0.3) is 5.91 Å². The molecule has 1 rings (SSSR count). The molecule has 0 bridgehead atoms. The zero-order chi connectivity index (χ0) is 17.8. The summed E-state index contributed by atoms with van der Waals surface area (Å²) in [5.41, 5.74) is 1.44. The molecule has 0 spiro atoms. The van der Waals surface area contributed by atoms with Crippen LogP contribution < -0.4 is 0 Å². The highest BCUT2D eigenvalue weighted by Gasteiger charge is 2.16. The molecule has 0 saturated heterocycles. The van der Waals surface area contributed by atoms with Crippen LogP contribution in [0.2, 0.25) is 0 Å². The molecule has 2 N–H and O–H groups in total. The number of nitrogens with zero attached hydrogens (tertiary/aromatic N) is 1. The molecule has 0 atom stereocenters. The van der Waals surface area contributed by atoms with E-state index in [1.807, 2.05) is 12.1 Å². The first kappa shape index (κ1) is 20.2. The second-order valence-electron chi connectivity index (χ2n) is 6.18. The van der Waals surface area contributed by atoms with Crippen molar-refractivity contribution < 1.29 is 19.9 Å². The third-order valence-corrected chi connectivity index (χ3v) is 4.04. The molecule has 0 heterocycles. The second kappa shape index (κ2) is 11.6. The average Bonchev–Trinajstić information content (AvgIpc) is 2.56. The maximum atomic E-state index is 11.8.